The zero-order valence-electron chi connectivity index (χ0n) is 15.3. The summed E-state index contributed by atoms with van der Waals surface area (Å²) in [4.78, 5) is 13.2. The highest BCUT2D eigenvalue weighted by molar-refractivity contribution is 7.86. The number of aromatic nitrogens is 3. The van der Waals surface area contributed by atoms with Gasteiger partial charge in [0.2, 0.25) is 0 Å². The predicted molar refractivity (Wildman–Crippen MR) is 101 cm³/mol. The summed E-state index contributed by atoms with van der Waals surface area (Å²) in [6.07, 6.45) is 3.42. The maximum atomic E-state index is 12.4. The topological polar surface area (TPSA) is 91.3 Å². The summed E-state index contributed by atoms with van der Waals surface area (Å²) < 4.78 is 27.5. The smallest absolute Gasteiger partial charge is 0.281 e. The van der Waals surface area contributed by atoms with Crippen molar-refractivity contribution in [1.82, 2.24) is 23.6 Å². The van der Waals surface area contributed by atoms with Gasteiger partial charge in [-0.3, -0.25) is 4.98 Å². The quantitative estimate of drug-likeness (QED) is 0.851. The molecule has 9 heteroatoms. The molecular weight excluding hydrogens is 352 g/mol. The molecule has 0 radical (unpaired) electrons. The van der Waals surface area contributed by atoms with Crippen LogP contribution in [0.15, 0.2) is 30.5 Å². The molecular formula is C17H24N6O2S. The maximum Gasteiger partial charge on any atom is 0.281 e. The Hall–Kier alpha value is -2.10. The summed E-state index contributed by atoms with van der Waals surface area (Å²) in [5, 5.41) is 3.37. The van der Waals surface area contributed by atoms with E-state index in [9.17, 15) is 8.42 Å². The summed E-state index contributed by atoms with van der Waals surface area (Å²) in [6.45, 7) is 2.80. The van der Waals surface area contributed by atoms with Gasteiger partial charge in [-0.05, 0) is 31.9 Å². The van der Waals surface area contributed by atoms with E-state index in [4.69, 9.17) is 0 Å². The van der Waals surface area contributed by atoms with Gasteiger partial charge in [0.15, 0.2) is 0 Å². The van der Waals surface area contributed by atoms with Crippen molar-refractivity contribution in [3.63, 3.8) is 0 Å². The van der Waals surface area contributed by atoms with E-state index in [1.807, 2.05) is 31.2 Å². The normalized spacial score (nSPS) is 18.8. The van der Waals surface area contributed by atoms with Gasteiger partial charge in [0.25, 0.3) is 10.2 Å². The Kier molecular flexibility index (Phi) is 5.49. The van der Waals surface area contributed by atoms with Crippen LogP contribution < -0.4 is 5.32 Å². The number of rotatable bonds is 5. The Bertz CT molecular complexity index is 857. The van der Waals surface area contributed by atoms with Crippen LogP contribution in [-0.2, 0) is 10.2 Å². The number of hydrogen-bond donors (Lipinski definition) is 1. The van der Waals surface area contributed by atoms with Crippen LogP contribution >= 0.6 is 0 Å². The van der Waals surface area contributed by atoms with Crippen LogP contribution in [0.4, 0.5) is 5.82 Å². The summed E-state index contributed by atoms with van der Waals surface area (Å²) in [5.74, 6) is 1.33. The van der Waals surface area contributed by atoms with Crippen molar-refractivity contribution >= 4 is 16.0 Å². The minimum absolute atomic E-state index is 0.00403. The molecule has 1 fully saturated rings. The molecule has 26 heavy (non-hydrogen) atoms. The molecule has 1 aliphatic heterocycles. The Morgan fingerprint density at radius 2 is 2.04 bits per heavy atom. The molecule has 0 spiro atoms. The number of anilines is 1. The minimum atomic E-state index is -3.40. The van der Waals surface area contributed by atoms with E-state index < -0.39 is 10.2 Å². The first-order chi connectivity index (χ1) is 12.4. The third-order valence-corrected chi connectivity index (χ3v) is 6.20. The Balaban J connectivity index is 1.78. The molecule has 1 atom stereocenters. The van der Waals surface area contributed by atoms with Gasteiger partial charge >= 0.3 is 0 Å². The third kappa shape index (κ3) is 4.17. The van der Waals surface area contributed by atoms with Gasteiger partial charge < -0.3 is 5.32 Å². The van der Waals surface area contributed by atoms with Gasteiger partial charge in [0.1, 0.15) is 11.6 Å². The lowest BCUT2D eigenvalue weighted by Crippen LogP contribution is -2.49. The van der Waals surface area contributed by atoms with Crippen LogP contribution in [0.1, 0.15) is 18.7 Å². The zero-order chi connectivity index (χ0) is 18.7. The van der Waals surface area contributed by atoms with Crippen LogP contribution in [-0.4, -0.2) is 65.2 Å². The lowest BCUT2D eigenvalue weighted by Gasteiger charge is -2.34. The molecule has 0 bridgehead atoms. The van der Waals surface area contributed by atoms with Crippen molar-refractivity contribution in [3.8, 4) is 11.4 Å². The van der Waals surface area contributed by atoms with Crippen LogP contribution in [0.3, 0.4) is 0 Å². The monoisotopic (exact) mass is 376 g/mol. The summed E-state index contributed by atoms with van der Waals surface area (Å²) in [5.41, 5.74) is 1.52. The molecule has 0 saturated carbocycles. The van der Waals surface area contributed by atoms with E-state index >= 15 is 0 Å². The van der Waals surface area contributed by atoms with E-state index in [2.05, 4.69) is 20.3 Å². The SMILES string of the molecule is Cc1nc(N[C@@H]2CCCN(S(=O)(=O)N(C)C)C2)cc(-c2ccccn2)n1. The van der Waals surface area contributed by atoms with Gasteiger partial charge in [0, 0.05) is 45.5 Å². The minimum Gasteiger partial charge on any atom is -0.366 e. The lowest BCUT2D eigenvalue weighted by molar-refractivity contribution is 0.308. The Morgan fingerprint density at radius 1 is 1.23 bits per heavy atom. The van der Waals surface area contributed by atoms with Gasteiger partial charge in [-0.25, -0.2) is 9.97 Å². The van der Waals surface area contributed by atoms with E-state index in [0.717, 1.165) is 24.2 Å². The van der Waals surface area contributed by atoms with Crippen molar-refractivity contribution in [2.45, 2.75) is 25.8 Å². The molecule has 2 aromatic rings. The first-order valence-corrected chi connectivity index (χ1v) is 9.97. The van der Waals surface area contributed by atoms with Crippen molar-refractivity contribution in [3.05, 3.63) is 36.3 Å². The molecule has 0 aliphatic carbocycles. The molecule has 8 nitrogen and oxygen atoms in total. The maximum absolute atomic E-state index is 12.4. The number of hydrogen-bond acceptors (Lipinski definition) is 6. The number of nitrogens with one attached hydrogen (secondary N) is 1. The van der Waals surface area contributed by atoms with Crippen LogP contribution in [0.2, 0.25) is 0 Å². The molecule has 3 heterocycles. The van der Waals surface area contributed by atoms with E-state index in [1.54, 1.807) is 20.3 Å². The Labute approximate surface area is 154 Å². The van der Waals surface area contributed by atoms with Gasteiger partial charge in [-0.15, -0.1) is 0 Å². The number of aryl methyl sites for hydroxylation is 1. The number of pyridine rings is 1. The standard InChI is InChI=1S/C17H24N6O2S/c1-13-19-16(15-8-4-5-9-18-15)11-17(20-13)21-14-7-6-10-23(12-14)26(24,25)22(2)3/h4-5,8-9,11,14H,6-7,10,12H2,1-3H3,(H,19,20,21)/t14-/m1/s1. The highest BCUT2D eigenvalue weighted by atomic mass is 32.2. The second-order valence-electron chi connectivity index (χ2n) is 6.53. The van der Waals surface area contributed by atoms with E-state index in [1.165, 1.54) is 8.61 Å². The Morgan fingerprint density at radius 3 is 2.73 bits per heavy atom. The highest BCUT2D eigenvalue weighted by Gasteiger charge is 2.30. The van der Waals surface area contributed by atoms with Crippen LogP contribution in [0.5, 0.6) is 0 Å². The predicted octanol–water partition coefficient (Wildman–Crippen LogP) is 1.53. The second kappa shape index (κ2) is 7.65. The molecule has 1 saturated heterocycles. The molecule has 1 aliphatic rings. The zero-order valence-corrected chi connectivity index (χ0v) is 16.1. The number of piperidine rings is 1. The van der Waals surface area contributed by atoms with Crippen molar-refractivity contribution in [2.75, 3.05) is 32.5 Å². The average molecular weight is 376 g/mol. The molecule has 1 N–H and O–H groups in total. The number of nitrogens with zero attached hydrogens (tertiary/aromatic N) is 5. The lowest BCUT2D eigenvalue weighted by atomic mass is 10.1. The third-order valence-electron chi connectivity index (χ3n) is 4.29. The summed E-state index contributed by atoms with van der Waals surface area (Å²) >= 11 is 0. The van der Waals surface area contributed by atoms with Gasteiger partial charge in [0.05, 0.1) is 11.4 Å². The first kappa shape index (κ1) is 18.7. The van der Waals surface area contributed by atoms with Gasteiger partial charge in [-0.1, -0.05) is 6.07 Å². The fraction of sp³-hybridized carbons (Fsp3) is 0.471. The molecule has 0 amide bonds. The highest BCUT2D eigenvalue weighted by Crippen LogP contribution is 2.21. The van der Waals surface area contributed by atoms with E-state index in [0.29, 0.717) is 24.7 Å². The fourth-order valence-electron chi connectivity index (χ4n) is 3.00. The first-order valence-electron chi connectivity index (χ1n) is 8.57. The van der Waals surface area contributed by atoms with E-state index in [-0.39, 0.29) is 6.04 Å². The average Bonchev–Trinajstić information content (AvgIpc) is 2.62. The van der Waals surface area contributed by atoms with Crippen molar-refractivity contribution in [1.29, 1.82) is 0 Å². The fourth-order valence-corrected chi connectivity index (χ4v) is 4.19. The molecule has 0 unspecified atom stereocenters. The molecule has 2 aromatic heterocycles. The summed E-state index contributed by atoms with van der Waals surface area (Å²) in [6, 6.07) is 7.53. The molecule has 140 valence electrons. The molecule has 0 aromatic carbocycles. The molecule has 3 rings (SSSR count). The van der Waals surface area contributed by atoms with Crippen LogP contribution in [0.25, 0.3) is 11.4 Å². The second-order valence-corrected chi connectivity index (χ2v) is 8.67. The summed E-state index contributed by atoms with van der Waals surface area (Å²) in [7, 11) is -0.291. The van der Waals surface area contributed by atoms with Gasteiger partial charge in [-0.2, -0.15) is 17.0 Å². The van der Waals surface area contributed by atoms with Crippen LogP contribution in [0, 0.1) is 6.92 Å². The largest absolute Gasteiger partial charge is 0.366 e. The van der Waals surface area contributed by atoms with Crippen molar-refractivity contribution < 1.29 is 8.42 Å². The van der Waals surface area contributed by atoms with Crippen molar-refractivity contribution in [2.24, 2.45) is 0 Å².